The lowest BCUT2D eigenvalue weighted by atomic mass is 10.2. The fourth-order valence-corrected chi connectivity index (χ4v) is 1.80. The average Bonchev–Trinajstić information content (AvgIpc) is 2.05. The highest BCUT2D eigenvalue weighted by molar-refractivity contribution is 7.94. The fraction of sp³-hybridized carbons (Fsp3) is 1.00. The summed E-state index contributed by atoms with van der Waals surface area (Å²) in [6, 6.07) is 0. The highest BCUT2D eigenvalue weighted by atomic mass is 32.2. The van der Waals surface area contributed by atoms with Crippen molar-refractivity contribution in [2.75, 3.05) is 0 Å². The molecule has 0 aromatic heterocycles. The second-order valence-corrected chi connectivity index (χ2v) is 4.01. The minimum absolute atomic E-state index is 4.95. The van der Waals surface area contributed by atoms with E-state index in [1.54, 1.807) is 0 Å². The van der Waals surface area contributed by atoms with Gasteiger partial charge >= 0.3 is 22.4 Å². The molecule has 0 atom stereocenters. The Labute approximate surface area is 74.2 Å². The van der Waals surface area contributed by atoms with Gasteiger partial charge in [0.1, 0.15) is 11.2 Å². The van der Waals surface area contributed by atoms with Crippen LogP contribution < -0.4 is 0 Å². The molecule has 0 N–H and O–H groups in total. The summed E-state index contributed by atoms with van der Waals surface area (Å²) in [5.41, 5.74) is 0. The Balaban J connectivity index is 3.38. The molecule has 0 radical (unpaired) electrons. The first-order chi connectivity index (χ1) is 5.90. The fourth-order valence-electron chi connectivity index (χ4n) is 0.759. The molecule has 0 aromatic rings. The van der Waals surface area contributed by atoms with Gasteiger partial charge in [0.25, 0.3) is 0 Å². The van der Waals surface area contributed by atoms with Crippen molar-refractivity contribution in [2.45, 2.75) is 22.4 Å². The third-order valence-corrected chi connectivity index (χ3v) is 3.04. The van der Waals surface area contributed by atoms with E-state index >= 15 is 0 Å². The van der Waals surface area contributed by atoms with Crippen LogP contribution in [0.25, 0.3) is 0 Å². The lowest BCUT2D eigenvalue weighted by Gasteiger charge is -2.17. The Morgan fingerprint density at radius 3 is 0.929 bits per heavy atom. The Hall–Kier alpha value is -0.250. The normalized spacial score (nSPS) is 33.2. The SMILES string of the molecule is [O-][S+]1C(F)(F)C(F)(F)C(F)(F)C1(F)F. The van der Waals surface area contributed by atoms with Gasteiger partial charge in [-0.15, -0.1) is 17.6 Å². The predicted octanol–water partition coefficient (Wildman–Crippen LogP) is 2.20. The van der Waals surface area contributed by atoms with Crippen LogP contribution in [0.3, 0.4) is 0 Å². The lowest BCUT2D eigenvalue weighted by molar-refractivity contribution is -0.303. The van der Waals surface area contributed by atoms with Crippen LogP contribution in [0, 0.1) is 0 Å². The minimum Gasteiger partial charge on any atom is -0.607 e. The second kappa shape index (κ2) is 2.46. The van der Waals surface area contributed by atoms with Gasteiger partial charge < -0.3 is 4.55 Å². The zero-order valence-corrected chi connectivity index (χ0v) is 6.66. The Morgan fingerprint density at radius 1 is 0.643 bits per heavy atom. The van der Waals surface area contributed by atoms with Gasteiger partial charge in [-0.05, 0) is 0 Å². The number of rotatable bonds is 0. The summed E-state index contributed by atoms with van der Waals surface area (Å²) >= 11 is -4.95. The third kappa shape index (κ3) is 0.904. The summed E-state index contributed by atoms with van der Waals surface area (Å²) in [5.74, 6) is -12.7. The summed E-state index contributed by atoms with van der Waals surface area (Å²) in [7, 11) is 0. The Morgan fingerprint density at radius 2 is 0.857 bits per heavy atom. The van der Waals surface area contributed by atoms with Crippen LogP contribution in [0.1, 0.15) is 0 Å². The van der Waals surface area contributed by atoms with Gasteiger partial charge in [0.15, 0.2) is 0 Å². The molecule has 0 bridgehead atoms. The second-order valence-electron chi connectivity index (χ2n) is 2.45. The van der Waals surface area contributed by atoms with E-state index in [4.69, 9.17) is 0 Å². The van der Waals surface area contributed by atoms with Crippen LogP contribution >= 0.6 is 0 Å². The summed E-state index contributed by atoms with van der Waals surface area (Å²) in [6.07, 6.45) is 0. The first kappa shape index (κ1) is 11.8. The van der Waals surface area contributed by atoms with E-state index in [0.29, 0.717) is 0 Å². The molecule has 0 aliphatic carbocycles. The van der Waals surface area contributed by atoms with Gasteiger partial charge in [-0.2, -0.15) is 17.6 Å². The molecular formula is C4F8OS. The molecule has 1 aliphatic rings. The van der Waals surface area contributed by atoms with E-state index in [1.165, 1.54) is 0 Å². The summed E-state index contributed by atoms with van der Waals surface area (Å²) in [6.45, 7) is 0. The van der Waals surface area contributed by atoms with Gasteiger partial charge in [0, 0.05) is 0 Å². The van der Waals surface area contributed by atoms with E-state index in [-0.39, 0.29) is 0 Å². The number of alkyl halides is 8. The maximum Gasteiger partial charge on any atom is 0.484 e. The van der Waals surface area contributed by atoms with Crippen LogP contribution in [-0.2, 0) is 11.2 Å². The molecule has 0 unspecified atom stereocenters. The molecule has 0 aromatic carbocycles. The molecule has 14 heavy (non-hydrogen) atoms. The minimum atomic E-state index is -6.33. The molecule has 1 saturated heterocycles. The van der Waals surface area contributed by atoms with E-state index in [0.717, 1.165) is 0 Å². The van der Waals surface area contributed by atoms with Gasteiger partial charge in [0.2, 0.25) is 0 Å². The molecule has 0 saturated carbocycles. The maximum absolute atomic E-state index is 12.1. The van der Waals surface area contributed by atoms with Crippen LogP contribution in [0.5, 0.6) is 0 Å². The number of hydrogen-bond donors (Lipinski definition) is 0. The summed E-state index contributed by atoms with van der Waals surface area (Å²) in [5, 5.41) is -11.9. The van der Waals surface area contributed by atoms with Gasteiger partial charge in [-0.25, -0.2) is 0 Å². The molecule has 0 spiro atoms. The first-order valence-corrected chi connectivity index (χ1v) is 3.99. The van der Waals surface area contributed by atoms with Crippen LogP contribution in [0.4, 0.5) is 35.1 Å². The smallest absolute Gasteiger partial charge is 0.484 e. The van der Waals surface area contributed by atoms with Crippen molar-refractivity contribution in [3.05, 3.63) is 0 Å². The van der Waals surface area contributed by atoms with Crippen molar-refractivity contribution in [2.24, 2.45) is 0 Å². The van der Waals surface area contributed by atoms with Crippen molar-refractivity contribution in [3.63, 3.8) is 0 Å². The molecule has 84 valence electrons. The highest BCUT2D eigenvalue weighted by Crippen LogP contribution is 2.64. The first-order valence-electron chi connectivity index (χ1n) is 2.84. The van der Waals surface area contributed by atoms with Crippen LogP contribution in [0.15, 0.2) is 0 Å². The summed E-state index contributed by atoms with van der Waals surface area (Å²) in [4.78, 5) is 0. The maximum atomic E-state index is 12.1. The van der Waals surface area contributed by atoms with Crippen molar-refractivity contribution in [1.29, 1.82) is 0 Å². The van der Waals surface area contributed by atoms with Gasteiger partial charge in [-0.1, -0.05) is 0 Å². The average molecular weight is 248 g/mol. The number of hydrogen-bond acceptors (Lipinski definition) is 1. The molecule has 1 fully saturated rings. The van der Waals surface area contributed by atoms with Gasteiger partial charge in [0.05, 0.1) is 0 Å². The highest BCUT2D eigenvalue weighted by Gasteiger charge is 2.99. The summed E-state index contributed by atoms with van der Waals surface area (Å²) < 4.78 is 107. The molecule has 1 rings (SSSR count). The zero-order chi connectivity index (χ0) is 11.6. The molecule has 1 aliphatic heterocycles. The van der Waals surface area contributed by atoms with E-state index in [1.807, 2.05) is 0 Å². The standard InChI is InChI=1S/C4F8OS/c5-1(6)2(7,8)4(11,12)14(13)3(1,9)10. The lowest BCUT2D eigenvalue weighted by Crippen LogP contribution is -2.51. The van der Waals surface area contributed by atoms with Crippen LogP contribution in [0.2, 0.25) is 0 Å². The Kier molecular flexibility index (Phi) is 2.08. The molecule has 1 nitrogen and oxygen atoms in total. The monoisotopic (exact) mass is 248 g/mol. The van der Waals surface area contributed by atoms with Crippen molar-refractivity contribution in [3.8, 4) is 0 Å². The quantitative estimate of drug-likeness (QED) is 0.476. The van der Waals surface area contributed by atoms with E-state index in [2.05, 4.69) is 0 Å². The van der Waals surface area contributed by atoms with Crippen molar-refractivity contribution >= 4 is 11.2 Å². The number of halogens is 8. The largest absolute Gasteiger partial charge is 0.607 e. The third-order valence-electron chi connectivity index (χ3n) is 1.59. The van der Waals surface area contributed by atoms with E-state index < -0.39 is 33.5 Å². The topological polar surface area (TPSA) is 23.1 Å². The van der Waals surface area contributed by atoms with Crippen LogP contribution in [-0.4, -0.2) is 26.9 Å². The van der Waals surface area contributed by atoms with Crippen molar-refractivity contribution in [1.82, 2.24) is 0 Å². The molecule has 1 heterocycles. The predicted molar refractivity (Wildman–Crippen MR) is 27.9 cm³/mol. The van der Waals surface area contributed by atoms with E-state index in [9.17, 15) is 39.7 Å². The molecular weight excluding hydrogens is 248 g/mol. The molecule has 0 amide bonds. The zero-order valence-electron chi connectivity index (χ0n) is 5.84. The molecule has 10 heteroatoms. The van der Waals surface area contributed by atoms with Crippen molar-refractivity contribution < 1.29 is 39.7 Å². The van der Waals surface area contributed by atoms with Gasteiger partial charge in [-0.3, -0.25) is 0 Å². The Bertz CT molecular complexity index is 236.